The predicted octanol–water partition coefficient (Wildman–Crippen LogP) is 2.90. The zero-order valence-electron chi connectivity index (χ0n) is 9.93. The number of halogens is 1. The lowest BCUT2D eigenvalue weighted by atomic mass is 10.0. The molecule has 0 rings (SSSR count). The highest BCUT2D eigenvalue weighted by Gasteiger charge is 2.26. The molecule has 0 saturated heterocycles. The highest BCUT2D eigenvalue weighted by Crippen LogP contribution is 2.16. The molecule has 2 nitrogen and oxygen atoms in total. The lowest BCUT2D eigenvalue weighted by Crippen LogP contribution is -2.46. The number of carbonyl (C=O) groups is 1. The number of rotatable bonds is 5. The van der Waals surface area contributed by atoms with Crippen molar-refractivity contribution in [2.45, 2.75) is 46.1 Å². The van der Waals surface area contributed by atoms with Gasteiger partial charge >= 0.3 is 0 Å². The minimum atomic E-state index is -0.240. The van der Waals surface area contributed by atoms with Gasteiger partial charge in [-0.15, -0.1) is 11.6 Å². The summed E-state index contributed by atoms with van der Waals surface area (Å²) in [6.07, 6.45) is 1.57. The van der Waals surface area contributed by atoms with Crippen LogP contribution in [-0.4, -0.2) is 29.3 Å². The number of nitrogens with zero attached hydrogens (tertiary/aromatic N) is 1. The lowest BCUT2D eigenvalue weighted by molar-refractivity contribution is -0.134. The fourth-order valence-corrected chi connectivity index (χ4v) is 1.19. The molecule has 0 spiro atoms. The summed E-state index contributed by atoms with van der Waals surface area (Å²) in [7, 11) is 1.82. The molecule has 0 unspecified atom stereocenters. The van der Waals surface area contributed by atoms with Crippen LogP contribution in [0.15, 0.2) is 0 Å². The van der Waals surface area contributed by atoms with Gasteiger partial charge in [0.05, 0.1) is 5.54 Å². The van der Waals surface area contributed by atoms with Crippen molar-refractivity contribution in [3.63, 3.8) is 0 Å². The van der Waals surface area contributed by atoms with Gasteiger partial charge in [0.2, 0.25) is 5.91 Å². The number of hydrogen-bond donors (Lipinski definition) is 0. The largest absolute Gasteiger partial charge is 0.339 e. The van der Waals surface area contributed by atoms with Crippen LogP contribution in [-0.2, 0) is 4.79 Å². The predicted molar refractivity (Wildman–Crippen MR) is 61.6 cm³/mol. The summed E-state index contributed by atoms with van der Waals surface area (Å²) in [5.41, 5.74) is -0.240. The maximum atomic E-state index is 11.7. The fourth-order valence-electron chi connectivity index (χ4n) is 1.01. The van der Waals surface area contributed by atoms with E-state index in [0.29, 0.717) is 18.2 Å². The van der Waals surface area contributed by atoms with Crippen LogP contribution < -0.4 is 0 Å². The van der Waals surface area contributed by atoms with Gasteiger partial charge in [-0.25, -0.2) is 0 Å². The molecule has 0 aliphatic rings. The van der Waals surface area contributed by atoms with Crippen molar-refractivity contribution in [1.82, 2.24) is 4.90 Å². The first-order valence-corrected chi connectivity index (χ1v) is 5.67. The first-order chi connectivity index (χ1) is 6.31. The summed E-state index contributed by atoms with van der Waals surface area (Å²) in [6.45, 7) is 8.21. The number of hydrogen-bond acceptors (Lipinski definition) is 1. The van der Waals surface area contributed by atoms with Gasteiger partial charge in [-0.05, 0) is 26.2 Å². The molecule has 0 radical (unpaired) electrons. The summed E-state index contributed by atoms with van der Waals surface area (Å²) in [5, 5.41) is 0. The van der Waals surface area contributed by atoms with E-state index < -0.39 is 0 Å². The van der Waals surface area contributed by atoms with E-state index in [-0.39, 0.29) is 11.4 Å². The third-order valence-corrected chi connectivity index (χ3v) is 3.20. The summed E-state index contributed by atoms with van der Waals surface area (Å²) >= 11 is 5.80. The second-order valence-electron chi connectivity index (χ2n) is 4.83. The monoisotopic (exact) mass is 219 g/mol. The van der Waals surface area contributed by atoms with Crippen molar-refractivity contribution in [1.29, 1.82) is 0 Å². The Labute approximate surface area is 92.6 Å². The molecule has 0 aliphatic heterocycles. The van der Waals surface area contributed by atoms with Crippen molar-refractivity contribution < 1.29 is 4.79 Å². The van der Waals surface area contributed by atoms with Crippen molar-refractivity contribution in [2.75, 3.05) is 12.9 Å². The smallest absolute Gasteiger partial charge is 0.222 e. The Bertz CT molecular complexity index is 190. The molecule has 1 amide bonds. The van der Waals surface area contributed by atoms with Crippen molar-refractivity contribution in [3.05, 3.63) is 0 Å². The van der Waals surface area contributed by atoms with Gasteiger partial charge in [0.1, 0.15) is 0 Å². The van der Waals surface area contributed by atoms with Crippen LogP contribution in [0.2, 0.25) is 0 Å². The quantitative estimate of drug-likeness (QED) is 0.652. The Kier molecular flexibility index (Phi) is 5.50. The number of alkyl halides is 1. The van der Waals surface area contributed by atoms with Gasteiger partial charge in [-0.3, -0.25) is 4.79 Å². The van der Waals surface area contributed by atoms with E-state index in [9.17, 15) is 4.79 Å². The Morgan fingerprint density at radius 2 is 1.93 bits per heavy atom. The first kappa shape index (κ1) is 13.8. The average Bonchev–Trinajstić information content (AvgIpc) is 2.12. The molecular formula is C11H22ClNO. The summed E-state index contributed by atoms with van der Waals surface area (Å²) in [4.78, 5) is 13.5. The molecule has 0 fully saturated rings. The standard InChI is InChI=1S/C11H22ClNO/c1-9(2)6-7-10(14)13(5)11(3,4)8-12/h9H,6-8H2,1-5H3. The van der Waals surface area contributed by atoms with Gasteiger partial charge in [-0.1, -0.05) is 13.8 Å². The van der Waals surface area contributed by atoms with Gasteiger partial charge in [-0.2, -0.15) is 0 Å². The third-order valence-electron chi connectivity index (χ3n) is 2.54. The molecule has 0 N–H and O–H groups in total. The Morgan fingerprint density at radius 1 is 1.43 bits per heavy atom. The molecule has 0 saturated carbocycles. The summed E-state index contributed by atoms with van der Waals surface area (Å²) in [5.74, 6) is 1.23. The second kappa shape index (κ2) is 5.59. The van der Waals surface area contributed by atoms with E-state index in [4.69, 9.17) is 11.6 Å². The molecule has 0 aromatic heterocycles. The van der Waals surface area contributed by atoms with Crippen LogP contribution in [0, 0.1) is 5.92 Å². The van der Waals surface area contributed by atoms with Crippen LogP contribution in [0.1, 0.15) is 40.5 Å². The normalized spacial score (nSPS) is 11.9. The van der Waals surface area contributed by atoms with E-state index in [1.807, 2.05) is 20.9 Å². The molecular weight excluding hydrogens is 198 g/mol. The van der Waals surface area contributed by atoms with E-state index in [2.05, 4.69) is 13.8 Å². The van der Waals surface area contributed by atoms with Crippen LogP contribution in [0.4, 0.5) is 0 Å². The van der Waals surface area contributed by atoms with Gasteiger partial charge in [0.15, 0.2) is 0 Å². The van der Waals surface area contributed by atoms with Gasteiger partial charge in [0, 0.05) is 19.3 Å². The van der Waals surface area contributed by atoms with E-state index >= 15 is 0 Å². The zero-order valence-corrected chi connectivity index (χ0v) is 10.7. The minimum Gasteiger partial charge on any atom is -0.339 e. The molecule has 0 aromatic carbocycles. The number of amides is 1. The molecule has 0 bridgehead atoms. The molecule has 0 aliphatic carbocycles. The fraction of sp³-hybridized carbons (Fsp3) is 0.909. The minimum absolute atomic E-state index is 0.185. The Hall–Kier alpha value is -0.240. The molecule has 3 heteroatoms. The van der Waals surface area contributed by atoms with Gasteiger partial charge in [0.25, 0.3) is 0 Å². The molecule has 0 atom stereocenters. The summed E-state index contributed by atoms with van der Waals surface area (Å²) < 4.78 is 0. The maximum absolute atomic E-state index is 11.7. The van der Waals surface area contributed by atoms with Crippen LogP contribution in [0.3, 0.4) is 0 Å². The molecule has 14 heavy (non-hydrogen) atoms. The Morgan fingerprint density at radius 3 is 2.29 bits per heavy atom. The van der Waals surface area contributed by atoms with E-state index in [1.54, 1.807) is 4.90 Å². The highest BCUT2D eigenvalue weighted by molar-refractivity contribution is 6.18. The topological polar surface area (TPSA) is 20.3 Å². The lowest BCUT2D eigenvalue weighted by Gasteiger charge is -2.34. The SMILES string of the molecule is CC(C)CCC(=O)N(C)C(C)(C)CCl. The first-order valence-electron chi connectivity index (χ1n) is 5.14. The Balaban J connectivity index is 4.12. The van der Waals surface area contributed by atoms with Gasteiger partial charge < -0.3 is 4.90 Å². The second-order valence-corrected chi connectivity index (χ2v) is 5.10. The maximum Gasteiger partial charge on any atom is 0.222 e. The molecule has 0 heterocycles. The third kappa shape index (κ3) is 4.32. The van der Waals surface area contributed by atoms with Crippen molar-refractivity contribution >= 4 is 17.5 Å². The average molecular weight is 220 g/mol. The highest BCUT2D eigenvalue weighted by atomic mass is 35.5. The van der Waals surface area contributed by atoms with Crippen molar-refractivity contribution in [3.8, 4) is 0 Å². The molecule has 0 aromatic rings. The van der Waals surface area contributed by atoms with Crippen LogP contribution in [0.5, 0.6) is 0 Å². The van der Waals surface area contributed by atoms with Crippen LogP contribution in [0.25, 0.3) is 0 Å². The molecule has 84 valence electrons. The van der Waals surface area contributed by atoms with E-state index in [0.717, 1.165) is 6.42 Å². The summed E-state index contributed by atoms with van der Waals surface area (Å²) in [6, 6.07) is 0. The zero-order chi connectivity index (χ0) is 11.4. The van der Waals surface area contributed by atoms with Crippen LogP contribution >= 0.6 is 11.6 Å². The van der Waals surface area contributed by atoms with E-state index in [1.165, 1.54) is 0 Å². The van der Waals surface area contributed by atoms with Crippen molar-refractivity contribution in [2.24, 2.45) is 5.92 Å². The number of carbonyl (C=O) groups excluding carboxylic acids is 1.